The lowest BCUT2D eigenvalue weighted by Gasteiger charge is -2.36. The fourth-order valence-corrected chi connectivity index (χ4v) is 9.82. The van der Waals surface area contributed by atoms with Gasteiger partial charge in [0.25, 0.3) is 13.9 Å². The van der Waals surface area contributed by atoms with E-state index in [-0.39, 0.29) is 17.8 Å². The summed E-state index contributed by atoms with van der Waals surface area (Å²) < 4.78 is 16.2. The number of benzene rings is 3. The molecule has 5 rings (SSSR count). The van der Waals surface area contributed by atoms with E-state index >= 15 is 0 Å². The van der Waals surface area contributed by atoms with Crippen molar-refractivity contribution < 1.29 is 9.16 Å². The number of alkyl halides is 1. The topological polar surface area (TPSA) is 73.3 Å². The maximum Gasteiger partial charge on any atom is 0.330 e. The Balaban J connectivity index is 1.63. The molecule has 1 saturated heterocycles. The Morgan fingerprint density at radius 2 is 1.43 bits per heavy atom. The molecule has 2 heterocycles. The third-order valence-electron chi connectivity index (χ3n) is 6.90. The van der Waals surface area contributed by atoms with Crippen molar-refractivity contribution in [3.8, 4) is 0 Å². The van der Waals surface area contributed by atoms with Gasteiger partial charge in [0.2, 0.25) is 0 Å². The zero-order chi connectivity index (χ0) is 25.8. The first-order chi connectivity index (χ1) is 18.0. The molecule has 37 heavy (non-hydrogen) atoms. The second-order valence-corrected chi connectivity index (χ2v) is 13.7. The van der Waals surface area contributed by atoms with Crippen LogP contribution in [0.5, 0.6) is 0 Å². The van der Waals surface area contributed by atoms with Crippen molar-refractivity contribution in [3.05, 3.63) is 124 Å². The minimum Gasteiger partial charge on any atom is -0.398 e. The summed E-state index contributed by atoms with van der Waals surface area (Å²) in [6, 6.07) is 31.4. The number of nitrogens with one attached hydrogen (secondary N) is 1. The molecule has 0 unspecified atom stereocenters. The van der Waals surface area contributed by atoms with Crippen molar-refractivity contribution in [2.24, 2.45) is 0 Å². The van der Waals surface area contributed by atoms with Gasteiger partial charge in [0.1, 0.15) is 6.23 Å². The predicted octanol–water partition coefficient (Wildman–Crippen LogP) is 3.01. The molecule has 0 saturated carbocycles. The smallest absolute Gasteiger partial charge is 0.330 e. The summed E-state index contributed by atoms with van der Waals surface area (Å²) >= 11 is 2.36. The average Bonchev–Trinajstić information content (AvgIpc) is 3.32. The van der Waals surface area contributed by atoms with E-state index in [1.54, 1.807) is 13.1 Å². The van der Waals surface area contributed by atoms with Crippen molar-refractivity contribution in [3.63, 3.8) is 0 Å². The number of rotatable bonds is 8. The Kier molecular flexibility index (Phi) is 7.89. The van der Waals surface area contributed by atoms with Crippen molar-refractivity contribution in [1.82, 2.24) is 9.55 Å². The predicted molar refractivity (Wildman–Crippen MR) is 157 cm³/mol. The molecular formula is C29H29IN2O4Si. The fraction of sp³-hybridized carbons (Fsp3) is 0.241. The Morgan fingerprint density at radius 1 is 0.919 bits per heavy atom. The van der Waals surface area contributed by atoms with Crippen molar-refractivity contribution in [1.29, 1.82) is 0 Å². The number of aromatic amines is 1. The molecule has 3 aromatic carbocycles. The molecule has 6 nitrogen and oxygen atoms in total. The van der Waals surface area contributed by atoms with Gasteiger partial charge in [0, 0.05) is 22.6 Å². The van der Waals surface area contributed by atoms with Crippen LogP contribution in [0, 0.1) is 6.92 Å². The lowest BCUT2D eigenvalue weighted by atomic mass is 10.1. The molecule has 0 spiro atoms. The van der Waals surface area contributed by atoms with E-state index in [0.717, 1.165) is 26.4 Å². The van der Waals surface area contributed by atoms with Crippen LogP contribution < -0.4 is 26.8 Å². The number of ether oxygens (including phenoxy) is 1. The minimum atomic E-state index is -2.95. The van der Waals surface area contributed by atoms with Crippen LogP contribution in [0.1, 0.15) is 24.6 Å². The van der Waals surface area contributed by atoms with Crippen molar-refractivity contribution in [2.75, 3.05) is 4.43 Å². The van der Waals surface area contributed by atoms with E-state index in [0.29, 0.717) is 12.0 Å². The van der Waals surface area contributed by atoms with E-state index < -0.39 is 20.2 Å². The standard InChI is InChI=1S/C29H29IN2O4Si/c1-21-20-32(29(34)31-28(21)33)27-19-26(25(35-27)17-18-30)36-37(22-11-5-2-6-12-22,23-13-7-3-8-14-23)24-15-9-4-10-16-24/h2-16,20,25-27H,17-19H2,1H3,(H,31,33,34)/t25-,26+,27-/m1/s1. The molecule has 1 N–H and O–H groups in total. The van der Waals surface area contributed by atoms with Crippen LogP contribution in [-0.2, 0) is 9.16 Å². The largest absolute Gasteiger partial charge is 0.398 e. The Morgan fingerprint density at radius 3 is 1.92 bits per heavy atom. The summed E-state index contributed by atoms with van der Waals surface area (Å²) in [6.07, 6.45) is 1.94. The lowest BCUT2D eigenvalue weighted by Crippen LogP contribution is -2.70. The summed E-state index contributed by atoms with van der Waals surface area (Å²) in [5, 5.41) is 3.46. The maximum atomic E-state index is 12.7. The quantitative estimate of drug-likeness (QED) is 0.142. The van der Waals surface area contributed by atoms with Crippen molar-refractivity contribution >= 4 is 46.5 Å². The fourth-order valence-electron chi connectivity index (χ4n) is 5.11. The Hall–Kier alpha value is -2.79. The maximum absolute atomic E-state index is 12.7. The highest BCUT2D eigenvalue weighted by Crippen LogP contribution is 2.34. The van der Waals surface area contributed by atoms with Gasteiger partial charge in [-0.25, -0.2) is 4.79 Å². The van der Waals surface area contributed by atoms with Gasteiger partial charge in [-0.1, -0.05) is 114 Å². The van der Waals surface area contributed by atoms with Crippen LogP contribution in [0.15, 0.2) is 107 Å². The SMILES string of the molecule is Cc1cn([C@H]2C[C@H](O[Si](c3ccccc3)(c3ccccc3)c3ccccc3)[C@@H](CCI)O2)c(=O)[nH]c1=O. The molecule has 1 aliphatic rings. The first-order valence-corrected chi connectivity index (χ1v) is 15.8. The van der Waals surface area contributed by atoms with Crippen LogP contribution in [0.2, 0.25) is 0 Å². The van der Waals surface area contributed by atoms with Crippen LogP contribution in [0.3, 0.4) is 0 Å². The van der Waals surface area contributed by atoms with Crippen molar-refractivity contribution in [2.45, 2.75) is 38.2 Å². The van der Waals surface area contributed by atoms with E-state index in [4.69, 9.17) is 9.16 Å². The van der Waals surface area contributed by atoms with Gasteiger partial charge >= 0.3 is 5.69 Å². The summed E-state index contributed by atoms with van der Waals surface area (Å²) in [4.78, 5) is 27.1. The monoisotopic (exact) mass is 624 g/mol. The normalized spacial score (nSPS) is 19.7. The first kappa shape index (κ1) is 25.8. The molecule has 0 bridgehead atoms. The van der Waals surface area contributed by atoms with Gasteiger partial charge in [-0.3, -0.25) is 14.3 Å². The average molecular weight is 625 g/mol. The third kappa shape index (κ3) is 5.15. The van der Waals surface area contributed by atoms with Crippen LogP contribution >= 0.6 is 22.6 Å². The number of hydrogen-bond acceptors (Lipinski definition) is 4. The molecule has 0 amide bonds. The molecular weight excluding hydrogens is 595 g/mol. The lowest BCUT2D eigenvalue weighted by molar-refractivity contribution is -0.0176. The summed E-state index contributed by atoms with van der Waals surface area (Å²) in [5.74, 6) is 0. The van der Waals surface area contributed by atoms with E-state index in [9.17, 15) is 9.59 Å². The van der Waals surface area contributed by atoms with E-state index in [1.807, 2.05) is 18.2 Å². The molecule has 3 atom stereocenters. The van der Waals surface area contributed by atoms with Gasteiger partial charge in [0.05, 0.1) is 12.2 Å². The zero-order valence-corrected chi connectivity index (χ0v) is 23.7. The van der Waals surface area contributed by atoms with E-state index in [2.05, 4.69) is 100 Å². The molecule has 190 valence electrons. The molecule has 1 aliphatic heterocycles. The number of H-pyrrole nitrogens is 1. The first-order valence-electron chi connectivity index (χ1n) is 12.4. The Bertz CT molecular complexity index is 1350. The molecule has 1 fully saturated rings. The number of hydrogen-bond donors (Lipinski definition) is 1. The molecule has 1 aromatic heterocycles. The number of aryl methyl sites for hydroxylation is 1. The molecule has 0 aliphatic carbocycles. The number of aromatic nitrogens is 2. The highest BCUT2D eigenvalue weighted by molar-refractivity contribution is 14.1. The third-order valence-corrected chi connectivity index (χ3v) is 11.6. The molecule has 0 radical (unpaired) electrons. The van der Waals surface area contributed by atoms with Crippen LogP contribution in [0.4, 0.5) is 0 Å². The Labute approximate surface area is 230 Å². The van der Waals surface area contributed by atoms with Crippen LogP contribution in [0.25, 0.3) is 0 Å². The van der Waals surface area contributed by atoms with Gasteiger partial charge in [-0.15, -0.1) is 0 Å². The summed E-state index contributed by atoms with van der Waals surface area (Å²) in [5.41, 5.74) is -0.369. The van der Waals surface area contributed by atoms with Crippen LogP contribution in [-0.4, -0.2) is 34.5 Å². The van der Waals surface area contributed by atoms with Gasteiger partial charge in [-0.2, -0.15) is 0 Å². The summed E-state index contributed by atoms with van der Waals surface area (Å²) in [6.45, 7) is 1.69. The highest BCUT2D eigenvalue weighted by atomic mass is 127. The molecule has 4 aromatic rings. The zero-order valence-electron chi connectivity index (χ0n) is 20.5. The number of nitrogens with zero attached hydrogens (tertiary/aromatic N) is 1. The minimum absolute atomic E-state index is 0.191. The summed E-state index contributed by atoms with van der Waals surface area (Å²) in [7, 11) is -2.95. The van der Waals surface area contributed by atoms with E-state index in [1.165, 1.54) is 4.57 Å². The molecule has 8 heteroatoms. The van der Waals surface area contributed by atoms with Gasteiger partial charge in [0.15, 0.2) is 0 Å². The number of halogens is 1. The van der Waals surface area contributed by atoms with Gasteiger partial charge in [-0.05, 0) is 28.9 Å². The highest BCUT2D eigenvalue weighted by Gasteiger charge is 2.48. The second-order valence-electron chi connectivity index (χ2n) is 9.26. The van der Waals surface area contributed by atoms with Gasteiger partial charge < -0.3 is 9.16 Å². The second kappa shape index (κ2) is 11.3.